The molecule has 1 atom stereocenters. The molecule has 0 bridgehead atoms. The maximum absolute atomic E-state index is 4.35. The summed E-state index contributed by atoms with van der Waals surface area (Å²) in [6.45, 7) is 10.2. The number of hydrogen-bond acceptors (Lipinski definition) is 4. The number of rotatable bonds is 4. The van der Waals surface area contributed by atoms with Gasteiger partial charge in [-0.2, -0.15) is 0 Å². The summed E-state index contributed by atoms with van der Waals surface area (Å²) in [5.74, 6) is 1.81. The van der Waals surface area contributed by atoms with Crippen molar-refractivity contribution in [3.8, 4) is 0 Å². The Morgan fingerprint density at radius 2 is 2.00 bits per heavy atom. The van der Waals surface area contributed by atoms with Crippen molar-refractivity contribution >= 4 is 5.82 Å². The van der Waals surface area contributed by atoms with E-state index in [4.69, 9.17) is 0 Å². The Kier molecular flexibility index (Phi) is 4.31. The van der Waals surface area contributed by atoms with Gasteiger partial charge in [0.2, 0.25) is 0 Å². The molecule has 0 aliphatic carbocycles. The highest BCUT2D eigenvalue weighted by atomic mass is 15.3. The highest BCUT2D eigenvalue weighted by Gasteiger charge is 2.18. The highest BCUT2D eigenvalue weighted by molar-refractivity contribution is 5.35. The van der Waals surface area contributed by atoms with Crippen molar-refractivity contribution in [2.24, 2.45) is 5.92 Å². The summed E-state index contributed by atoms with van der Waals surface area (Å²) in [5.41, 5.74) is 0. The van der Waals surface area contributed by atoms with Crippen LogP contribution in [0.5, 0.6) is 0 Å². The lowest BCUT2D eigenvalue weighted by Crippen LogP contribution is -2.47. The molecule has 4 nitrogen and oxygen atoms in total. The molecule has 17 heavy (non-hydrogen) atoms. The third-order valence-corrected chi connectivity index (χ3v) is 3.51. The number of aromatic nitrogens is 2. The van der Waals surface area contributed by atoms with Crippen molar-refractivity contribution < 1.29 is 0 Å². The number of piperazine rings is 1. The fourth-order valence-electron chi connectivity index (χ4n) is 2.18. The Morgan fingerprint density at radius 3 is 2.59 bits per heavy atom. The largest absolute Gasteiger partial charge is 0.353 e. The van der Waals surface area contributed by atoms with Crippen molar-refractivity contribution in [1.29, 1.82) is 0 Å². The third kappa shape index (κ3) is 3.40. The van der Waals surface area contributed by atoms with Gasteiger partial charge < -0.3 is 4.90 Å². The van der Waals surface area contributed by atoms with Crippen molar-refractivity contribution in [3.63, 3.8) is 0 Å². The molecule has 0 radical (unpaired) electrons. The highest BCUT2D eigenvalue weighted by Crippen LogP contribution is 2.13. The van der Waals surface area contributed by atoms with E-state index < -0.39 is 0 Å². The maximum Gasteiger partial charge on any atom is 0.147 e. The first-order valence-electron chi connectivity index (χ1n) is 6.53. The van der Waals surface area contributed by atoms with Crippen molar-refractivity contribution in [2.75, 3.05) is 37.6 Å². The predicted molar refractivity (Wildman–Crippen MR) is 70.1 cm³/mol. The minimum absolute atomic E-state index is 0.804. The van der Waals surface area contributed by atoms with Crippen molar-refractivity contribution in [2.45, 2.75) is 20.3 Å². The van der Waals surface area contributed by atoms with Gasteiger partial charge in [-0.3, -0.25) is 9.88 Å². The normalized spacial score (nSPS) is 19.3. The van der Waals surface area contributed by atoms with Crippen LogP contribution in [0.25, 0.3) is 0 Å². The summed E-state index contributed by atoms with van der Waals surface area (Å²) in [6, 6.07) is 0. The molecule has 1 aromatic rings. The molecule has 0 unspecified atom stereocenters. The minimum Gasteiger partial charge on any atom is -0.353 e. The van der Waals surface area contributed by atoms with Gasteiger partial charge in [-0.05, 0) is 5.92 Å². The first kappa shape index (κ1) is 12.3. The average Bonchev–Trinajstić information content (AvgIpc) is 2.40. The lowest BCUT2D eigenvalue weighted by Gasteiger charge is -2.36. The molecule has 1 saturated heterocycles. The van der Waals surface area contributed by atoms with Gasteiger partial charge >= 0.3 is 0 Å². The molecule has 0 saturated carbocycles. The Balaban J connectivity index is 1.82. The van der Waals surface area contributed by atoms with Crippen LogP contribution >= 0.6 is 0 Å². The molecular formula is C13H22N4. The summed E-state index contributed by atoms with van der Waals surface area (Å²) in [6.07, 6.45) is 6.61. The van der Waals surface area contributed by atoms with Crippen LogP contribution in [0, 0.1) is 5.92 Å². The van der Waals surface area contributed by atoms with E-state index >= 15 is 0 Å². The molecule has 2 rings (SSSR count). The van der Waals surface area contributed by atoms with Crippen LogP contribution in [0.15, 0.2) is 18.6 Å². The number of hydrogen-bond donors (Lipinski definition) is 0. The van der Waals surface area contributed by atoms with E-state index in [1.807, 2.05) is 6.20 Å². The van der Waals surface area contributed by atoms with E-state index in [1.165, 1.54) is 13.0 Å². The Hall–Kier alpha value is -1.16. The molecule has 0 N–H and O–H groups in total. The van der Waals surface area contributed by atoms with E-state index in [2.05, 4.69) is 33.6 Å². The molecular weight excluding hydrogens is 212 g/mol. The number of nitrogens with zero attached hydrogens (tertiary/aromatic N) is 4. The maximum atomic E-state index is 4.35. The molecule has 2 heterocycles. The second-order valence-electron chi connectivity index (χ2n) is 4.86. The lowest BCUT2D eigenvalue weighted by atomic mass is 10.1. The first-order valence-corrected chi connectivity index (χ1v) is 6.53. The van der Waals surface area contributed by atoms with Gasteiger partial charge in [-0.1, -0.05) is 20.3 Å². The smallest absolute Gasteiger partial charge is 0.147 e. The van der Waals surface area contributed by atoms with Crippen LogP contribution in [-0.4, -0.2) is 47.6 Å². The molecule has 1 aromatic heterocycles. The SMILES string of the molecule is CC[C@@H](C)CN1CCN(c2cnccn2)CC1. The Labute approximate surface area is 104 Å². The Bertz CT molecular complexity index is 319. The van der Waals surface area contributed by atoms with E-state index in [9.17, 15) is 0 Å². The van der Waals surface area contributed by atoms with Crippen LogP contribution in [-0.2, 0) is 0 Å². The van der Waals surface area contributed by atoms with Gasteiger partial charge in [0.1, 0.15) is 5.82 Å². The first-order chi connectivity index (χ1) is 8.29. The quantitative estimate of drug-likeness (QED) is 0.793. The molecule has 1 fully saturated rings. The Morgan fingerprint density at radius 1 is 1.24 bits per heavy atom. The van der Waals surface area contributed by atoms with Gasteiger partial charge in [-0.15, -0.1) is 0 Å². The van der Waals surface area contributed by atoms with Gasteiger partial charge in [0, 0.05) is 45.1 Å². The van der Waals surface area contributed by atoms with E-state index in [0.717, 1.165) is 37.9 Å². The minimum atomic E-state index is 0.804. The van der Waals surface area contributed by atoms with Gasteiger partial charge in [0.15, 0.2) is 0 Å². The van der Waals surface area contributed by atoms with Crippen molar-refractivity contribution in [1.82, 2.24) is 14.9 Å². The lowest BCUT2D eigenvalue weighted by molar-refractivity contribution is 0.222. The van der Waals surface area contributed by atoms with Gasteiger partial charge in [0.25, 0.3) is 0 Å². The molecule has 0 amide bonds. The zero-order chi connectivity index (χ0) is 12.1. The fraction of sp³-hybridized carbons (Fsp3) is 0.692. The second-order valence-corrected chi connectivity index (χ2v) is 4.86. The van der Waals surface area contributed by atoms with Gasteiger partial charge in [-0.25, -0.2) is 4.98 Å². The molecule has 0 spiro atoms. The van der Waals surface area contributed by atoms with Crippen LogP contribution in [0.4, 0.5) is 5.82 Å². The topological polar surface area (TPSA) is 32.3 Å². The van der Waals surface area contributed by atoms with E-state index in [0.29, 0.717) is 0 Å². The third-order valence-electron chi connectivity index (χ3n) is 3.51. The second kappa shape index (κ2) is 5.96. The number of anilines is 1. The van der Waals surface area contributed by atoms with Crippen LogP contribution in [0.1, 0.15) is 20.3 Å². The monoisotopic (exact) mass is 234 g/mol. The summed E-state index contributed by atoms with van der Waals surface area (Å²) >= 11 is 0. The average molecular weight is 234 g/mol. The van der Waals surface area contributed by atoms with Crippen LogP contribution in [0.2, 0.25) is 0 Å². The summed E-state index contributed by atoms with van der Waals surface area (Å²) in [5, 5.41) is 0. The molecule has 4 heteroatoms. The summed E-state index contributed by atoms with van der Waals surface area (Å²) < 4.78 is 0. The molecule has 1 aliphatic heterocycles. The van der Waals surface area contributed by atoms with E-state index in [-0.39, 0.29) is 0 Å². The summed E-state index contributed by atoms with van der Waals surface area (Å²) in [4.78, 5) is 13.3. The summed E-state index contributed by atoms with van der Waals surface area (Å²) in [7, 11) is 0. The zero-order valence-corrected chi connectivity index (χ0v) is 10.8. The zero-order valence-electron chi connectivity index (χ0n) is 10.8. The van der Waals surface area contributed by atoms with E-state index in [1.54, 1.807) is 12.4 Å². The fourth-order valence-corrected chi connectivity index (χ4v) is 2.18. The molecule has 0 aromatic carbocycles. The standard InChI is InChI=1S/C13H22N4/c1-3-12(2)11-16-6-8-17(9-7-16)13-10-14-4-5-15-13/h4-5,10,12H,3,6-9,11H2,1-2H3/t12-/m1/s1. The predicted octanol–water partition coefficient (Wildman–Crippen LogP) is 1.64. The molecule has 1 aliphatic rings. The van der Waals surface area contributed by atoms with Crippen LogP contribution < -0.4 is 4.90 Å². The molecule has 94 valence electrons. The van der Waals surface area contributed by atoms with Crippen LogP contribution in [0.3, 0.4) is 0 Å². The van der Waals surface area contributed by atoms with Crippen molar-refractivity contribution in [3.05, 3.63) is 18.6 Å². The van der Waals surface area contributed by atoms with Gasteiger partial charge in [0.05, 0.1) is 6.20 Å².